The molecule has 0 saturated heterocycles. The molecule has 5 heteroatoms. The normalized spacial score (nSPS) is 10.2. The van der Waals surface area contributed by atoms with Crippen molar-refractivity contribution in [1.29, 1.82) is 0 Å². The lowest BCUT2D eigenvalue weighted by atomic mass is 10.4. The van der Waals surface area contributed by atoms with Crippen LogP contribution in [0.3, 0.4) is 0 Å². The van der Waals surface area contributed by atoms with E-state index in [1.807, 2.05) is 13.8 Å². The first-order chi connectivity index (χ1) is 5.25. The molecule has 0 aliphatic heterocycles. The monoisotopic (exact) mass is 153 g/mol. The molecule has 1 N–H and O–H groups in total. The molecule has 1 radical (unpaired) electrons. The molecular weight excluding hydrogens is 143 g/mol. The van der Waals surface area contributed by atoms with Gasteiger partial charge in [0.25, 0.3) is 0 Å². The molecule has 1 heterocycles. The van der Waals surface area contributed by atoms with Gasteiger partial charge in [-0.25, -0.2) is 4.68 Å². The average Bonchev–Trinajstić information content (AvgIpc) is 2.36. The van der Waals surface area contributed by atoms with Crippen LogP contribution < -0.4 is 4.65 Å². The number of aromatic nitrogens is 2. The fourth-order valence-corrected chi connectivity index (χ4v) is 0.837. The highest BCUT2D eigenvalue weighted by molar-refractivity contribution is 6.17. The lowest BCUT2D eigenvalue weighted by molar-refractivity contribution is 0.393. The fraction of sp³-hybridized carbons (Fsp3) is 0.500. The minimum absolute atomic E-state index is 0.236. The molecule has 59 valence electrons. The molecule has 1 aromatic heterocycles. The third-order valence-corrected chi connectivity index (χ3v) is 1.30. The Morgan fingerprint density at radius 1 is 1.73 bits per heavy atom. The summed E-state index contributed by atoms with van der Waals surface area (Å²) in [6.45, 7) is 3.97. The molecule has 4 nitrogen and oxygen atoms in total. The van der Waals surface area contributed by atoms with Gasteiger partial charge in [0, 0.05) is 6.07 Å². The van der Waals surface area contributed by atoms with E-state index in [-0.39, 0.29) is 6.04 Å². The summed E-state index contributed by atoms with van der Waals surface area (Å²) in [5.74, 6) is 0.544. The van der Waals surface area contributed by atoms with E-state index < -0.39 is 0 Å². The number of rotatable bonds is 3. The van der Waals surface area contributed by atoms with Crippen molar-refractivity contribution in [3.05, 3.63) is 12.3 Å². The zero-order valence-electron chi connectivity index (χ0n) is 6.56. The maximum atomic E-state index is 8.36. The summed E-state index contributed by atoms with van der Waals surface area (Å²) in [7, 11) is 0.649. The second kappa shape index (κ2) is 3.43. The molecule has 0 aromatic carbocycles. The van der Waals surface area contributed by atoms with Crippen LogP contribution in [0.25, 0.3) is 0 Å². The second-order valence-electron chi connectivity index (χ2n) is 2.43. The lowest BCUT2D eigenvalue weighted by Crippen LogP contribution is -2.09. The molecule has 0 aliphatic rings. The van der Waals surface area contributed by atoms with Crippen LogP contribution in [0.4, 0.5) is 0 Å². The van der Waals surface area contributed by atoms with E-state index in [1.165, 1.54) is 0 Å². The van der Waals surface area contributed by atoms with Crippen molar-refractivity contribution in [1.82, 2.24) is 9.78 Å². The molecule has 0 unspecified atom stereocenters. The molecule has 0 spiro atoms. The molecular formula is C6H10BN2O2. The van der Waals surface area contributed by atoms with Gasteiger partial charge < -0.3 is 9.68 Å². The SMILES string of the molecule is CC(C)n1nccc1O[B]O. The highest BCUT2D eigenvalue weighted by Gasteiger charge is 2.05. The molecule has 11 heavy (non-hydrogen) atoms. The van der Waals surface area contributed by atoms with Gasteiger partial charge in [0.05, 0.1) is 12.2 Å². The standard InChI is InChI=1S/C6H10BN2O2/c1-5(2)9-6(11-7-10)3-4-8-9/h3-5,10H,1-2H3. The van der Waals surface area contributed by atoms with E-state index in [0.717, 1.165) is 0 Å². The van der Waals surface area contributed by atoms with Crippen LogP contribution in [-0.2, 0) is 0 Å². The first kappa shape index (κ1) is 8.13. The van der Waals surface area contributed by atoms with Gasteiger partial charge in [0.2, 0.25) is 0 Å². The smallest absolute Gasteiger partial charge is 0.524 e. The van der Waals surface area contributed by atoms with Crippen LogP contribution in [0.2, 0.25) is 0 Å². The Bertz CT molecular complexity index is 224. The largest absolute Gasteiger partial charge is 0.570 e. The van der Waals surface area contributed by atoms with Crippen LogP contribution in [-0.4, -0.2) is 22.5 Å². The van der Waals surface area contributed by atoms with Crippen molar-refractivity contribution in [2.75, 3.05) is 0 Å². The van der Waals surface area contributed by atoms with E-state index in [9.17, 15) is 0 Å². The Morgan fingerprint density at radius 2 is 2.45 bits per heavy atom. The van der Waals surface area contributed by atoms with Gasteiger partial charge in [0.1, 0.15) is 0 Å². The molecule has 0 amide bonds. The summed E-state index contributed by atoms with van der Waals surface area (Å²) in [4.78, 5) is 0. The van der Waals surface area contributed by atoms with Crippen molar-refractivity contribution in [3.63, 3.8) is 0 Å². The van der Waals surface area contributed by atoms with Crippen molar-refractivity contribution < 1.29 is 9.68 Å². The molecule has 0 fully saturated rings. The first-order valence-corrected chi connectivity index (χ1v) is 3.41. The van der Waals surface area contributed by atoms with Gasteiger partial charge >= 0.3 is 7.69 Å². The van der Waals surface area contributed by atoms with Gasteiger partial charge in [-0.15, -0.1) is 0 Å². The number of hydrogen-bond acceptors (Lipinski definition) is 3. The van der Waals surface area contributed by atoms with Crippen LogP contribution in [0.1, 0.15) is 19.9 Å². The summed E-state index contributed by atoms with van der Waals surface area (Å²) in [6.07, 6.45) is 1.62. The van der Waals surface area contributed by atoms with Crippen molar-refractivity contribution >= 4 is 7.69 Å². The van der Waals surface area contributed by atoms with Gasteiger partial charge in [-0.1, -0.05) is 0 Å². The van der Waals surface area contributed by atoms with E-state index >= 15 is 0 Å². The van der Waals surface area contributed by atoms with Crippen molar-refractivity contribution in [2.24, 2.45) is 0 Å². The minimum Gasteiger partial charge on any atom is -0.524 e. The van der Waals surface area contributed by atoms with E-state index in [1.54, 1.807) is 16.9 Å². The summed E-state index contributed by atoms with van der Waals surface area (Å²) in [6, 6.07) is 1.92. The van der Waals surface area contributed by atoms with Crippen LogP contribution >= 0.6 is 0 Å². The van der Waals surface area contributed by atoms with Gasteiger partial charge in [-0.3, -0.25) is 0 Å². The van der Waals surface area contributed by atoms with Gasteiger partial charge in [-0.2, -0.15) is 5.10 Å². The lowest BCUT2D eigenvalue weighted by Gasteiger charge is -2.09. The van der Waals surface area contributed by atoms with Gasteiger partial charge in [-0.05, 0) is 13.8 Å². The average molecular weight is 153 g/mol. The Labute approximate surface area is 66.1 Å². The summed E-state index contributed by atoms with van der Waals surface area (Å²) < 4.78 is 6.44. The van der Waals surface area contributed by atoms with Crippen molar-refractivity contribution in [2.45, 2.75) is 19.9 Å². The van der Waals surface area contributed by atoms with Crippen LogP contribution in [0, 0.1) is 0 Å². The Hall–Kier alpha value is -0.965. The minimum atomic E-state index is 0.236. The molecule has 0 bridgehead atoms. The summed E-state index contributed by atoms with van der Waals surface area (Å²) in [5.41, 5.74) is 0. The first-order valence-electron chi connectivity index (χ1n) is 3.41. The number of hydrogen-bond donors (Lipinski definition) is 1. The van der Waals surface area contributed by atoms with Crippen LogP contribution in [0.15, 0.2) is 12.3 Å². The highest BCUT2D eigenvalue weighted by atomic mass is 16.5. The second-order valence-corrected chi connectivity index (χ2v) is 2.43. The zero-order chi connectivity index (χ0) is 8.27. The molecule has 1 aromatic rings. The topological polar surface area (TPSA) is 47.3 Å². The van der Waals surface area contributed by atoms with Crippen LogP contribution in [0.5, 0.6) is 5.88 Å². The summed E-state index contributed by atoms with van der Waals surface area (Å²) >= 11 is 0. The predicted molar refractivity (Wildman–Crippen MR) is 41.2 cm³/mol. The Balaban J connectivity index is 2.78. The quantitative estimate of drug-likeness (QED) is 0.638. The van der Waals surface area contributed by atoms with Crippen molar-refractivity contribution in [3.8, 4) is 5.88 Å². The predicted octanol–water partition coefficient (Wildman–Crippen LogP) is 0.369. The maximum Gasteiger partial charge on any atom is 0.570 e. The fourth-order valence-electron chi connectivity index (χ4n) is 0.837. The summed E-state index contributed by atoms with van der Waals surface area (Å²) in [5, 5.41) is 12.4. The Kier molecular flexibility index (Phi) is 2.54. The van der Waals surface area contributed by atoms with E-state index in [4.69, 9.17) is 9.68 Å². The molecule has 1 rings (SSSR count). The molecule has 0 saturated carbocycles. The number of nitrogens with zero attached hydrogens (tertiary/aromatic N) is 2. The molecule has 0 aliphatic carbocycles. The van der Waals surface area contributed by atoms with E-state index in [2.05, 4.69) is 5.10 Å². The zero-order valence-corrected chi connectivity index (χ0v) is 6.56. The third-order valence-electron chi connectivity index (χ3n) is 1.30. The highest BCUT2D eigenvalue weighted by Crippen LogP contribution is 2.14. The molecule has 0 atom stereocenters. The maximum absolute atomic E-state index is 8.36. The van der Waals surface area contributed by atoms with Gasteiger partial charge in [0.15, 0.2) is 5.88 Å². The van der Waals surface area contributed by atoms with E-state index in [0.29, 0.717) is 13.6 Å². The Morgan fingerprint density at radius 3 is 3.00 bits per heavy atom. The third kappa shape index (κ3) is 1.74.